The summed E-state index contributed by atoms with van der Waals surface area (Å²) in [4.78, 5) is 1.46. The van der Waals surface area contributed by atoms with Gasteiger partial charge in [-0.25, -0.2) is 0 Å². The molecule has 0 spiro atoms. The van der Waals surface area contributed by atoms with E-state index in [0.29, 0.717) is 37.8 Å². The minimum Gasteiger partial charge on any atom is -0.410 e. The standard InChI is InChI=1S/2C8H5F3N2S.2C4H10O2.Ca/c2*9-8(10,11)7-4-5(12-13-7)6-2-1-3-14-6;2*1-5-3-4-6-2;/h1-4,13H;1-4,12H;2*3-4H2,1-2H3;/q;;;;+2. The predicted octanol–water partition coefficient (Wildman–Crippen LogP) is 4.59. The van der Waals surface area contributed by atoms with Gasteiger partial charge in [-0.1, -0.05) is 17.8 Å². The summed E-state index contributed by atoms with van der Waals surface area (Å²) in [6.07, 6.45) is -8.74. The van der Waals surface area contributed by atoms with Crippen LogP contribution in [0.15, 0.2) is 47.2 Å². The zero-order valence-corrected chi connectivity index (χ0v) is 26.6. The molecular weight excluding hydrogens is 626 g/mol. The first-order valence-electron chi connectivity index (χ1n) is 11.3. The Bertz CT molecular complexity index is 1060. The number of thiophene rings is 2. The first-order chi connectivity index (χ1) is 19.0. The second-order valence-electron chi connectivity index (χ2n) is 7.26. The Morgan fingerprint density at radius 1 is 0.683 bits per heavy atom. The summed E-state index contributed by atoms with van der Waals surface area (Å²) in [6.45, 7) is 2.76. The van der Waals surface area contributed by atoms with Crippen LogP contribution in [0.1, 0.15) is 11.4 Å². The minimum absolute atomic E-state index is 0. The van der Waals surface area contributed by atoms with Crippen LogP contribution >= 0.6 is 22.7 Å². The van der Waals surface area contributed by atoms with E-state index in [2.05, 4.69) is 34.2 Å². The van der Waals surface area contributed by atoms with Crippen molar-refractivity contribution in [2.75, 3.05) is 54.9 Å². The van der Waals surface area contributed by atoms with Crippen molar-refractivity contribution in [2.45, 2.75) is 12.4 Å². The molecular formula is C24H30CaF6N4O4S2+2. The molecule has 0 bridgehead atoms. The maximum Gasteiger partial charge on any atom is 2.00 e. The van der Waals surface area contributed by atoms with E-state index in [1.165, 1.54) is 22.7 Å². The van der Waals surface area contributed by atoms with Crippen molar-refractivity contribution in [3.63, 3.8) is 0 Å². The number of hydrogen-bond donors (Lipinski definition) is 0. The van der Waals surface area contributed by atoms with Gasteiger partial charge in [0.25, 0.3) is 5.69 Å². The number of rotatable bonds is 8. The molecule has 0 radical (unpaired) electrons. The van der Waals surface area contributed by atoms with Gasteiger partial charge >= 0.3 is 50.1 Å². The summed E-state index contributed by atoms with van der Waals surface area (Å²) in [7, 11) is 6.61. The van der Waals surface area contributed by atoms with Crippen molar-refractivity contribution in [2.24, 2.45) is 0 Å². The molecule has 0 aliphatic heterocycles. The maximum absolute atomic E-state index is 12.2. The minimum atomic E-state index is -4.38. The van der Waals surface area contributed by atoms with E-state index < -0.39 is 23.7 Å². The molecule has 0 atom stereocenters. The largest absolute Gasteiger partial charge is 2.00 e. The number of nitrogens with zero attached hydrogens (tertiary/aromatic N) is 2. The first-order valence-corrected chi connectivity index (χ1v) is 13.0. The van der Waals surface area contributed by atoms with E-state index in [1.54, 1.807) is 63.5 Å². The van der Waals surface area contributed by atoms with E-state index >= 15 is 0 Å². The molecule has 4 aromatic heterocycles. The zero-order chi connectivity index (χ0) is 30.0. The van der Waals surface area contributed by atoms with E-state index in [-0.39, 0.29) is 37.7 Å². The molecule has 2 N–H and O–H groups in total. The Hall–Kier alpha value is -1.50. The number of nitrogens with one attached hydrogen (secondary N) is 2. The van der Waals surface area contributed by atoms with Crippen LogP contribution in [-0.4, -0.2) is 92.6 Å². The smallest absolute Gasteiger partial charge is 0.410 e. The fraction of sp³-hybridized carbons (Fsp3) is 0.417. The van der Waals surface area contributed by atoms with Gasteiger partial charge in [0.1, 0.15) is 0 Å². The molecule has 0 amide bonds. The van der Waals surface area contributed by atoms with Crippen LogP contribution in [0.4, 0.5) is 26.3 Å². The van der Waals surface area contributed by atoms with E-state index in [0.717, 1.165) is 21.9 Å². The number of aromatic amines is 2. The Morgan fingerprint density at radius 2 is 1.17 bits per heavy atom. The van der Waals surface area contributed by atoms with Gasteiger partial charge in [-0.3, -0.25) is 10.2 Å². The molecule has 0 aliphatic carbocycles. The normalized spacial score (nSPS) is 10.8. The maximum atomic E-state index is 12.2. The first kappa shape index (κ1) is 39.5. The Kier molecular flexibility index (Phi) is 20.5. The molecule has 4 aromatic rings. The van der Waals surface area contributed by atoms with Gasteiger partial charge in [-0.2, -0.15) is 26.3 Å². The molecule has 0 unspecified atom stereocenters. The average Bonchev–Trinajstić information content (AvgIpc) is 3.72. The number of H-pyrrole nitrogens is 2. The topological polar surface area (TPSA) is 93.4 Å². The summed E-state index contributed by atoms with van der Waals surface area (Å²) in [5, 5.41) is 14.7. The van der Waals surface area contributed by atoms with E-state index in [1.807, 2.05) is 5.10 Å². The molecule has 224 valence electrons. The third-order valence-electron chi connectivity index (χ3n) is 4.29. The van der Waals surface area contributed by atoms with Crippen LogP contribution in [0.25, 0.3) is 21.1 Å². The number of halogens is 6. The van der Waals surface area contributed by atoms with Gasteiger partial charge < -0.3 is 29.1 Å². The van der Waals surface area contributed by atoms with Gasteiger partial charge in [-0.05, 0) is 22.9 Å². The average molecular weight is 657 g/mol. The van der Waals surface area contributed by atoms with Gasteiger partial charge in [0.2, 0.25) is 5.69 Å². The molecule has 0 aromatic carbocycles. The van der Waals surface area contributed by atoms with Crippen molar-refractivity contribution in [3.8, 4) is 21.1 Å². The van der Waals surface area contributed by atoms with Crippen LogP contribution < -0.4 is 20.4 Å². The summed E-state index contributed by atoms with van der Waals surface area (Å²) >= 11 is 2.71. The molecule has 4 rings (SSSR count). The summed E-state index contributed by atoms with van der Waals surface area (Å²) in [6, 6.07) is 9.01. The van der Waals surface area contributed by atoms with Gasteiger partial charge in [-0.15, -0.1) is 22.7 Å². The van der Waals surface area contributed by atoms with Crippen LogP contribution in [0.5, 0.6) is 0 Å². The summed E-state index contributed by atoms with van der Waals surface area (Å²) in [5.74, 6) is 0. The van der Waals surface area contributed by atoms with Crippen molar-refractivity contribution in [3.05, 3.63) is 58.5 Å². The second-order valence-corrected chi connectivity index (χ2v) is 9.15. The number of alkyl halides is 6. The monoisotopic (exact) mass is 656 g/mol. The van der Waals surface area contributed by atoms with E-state index in [4.69, 9.17) is 0 Å². The van der Waals surface area contributed by atoms with Crippen LogP contribution in [0, 0.1) is 0 Å². The Balaban J connectivity index is 0.000000559. The molecule has 0 saturated heterocycles. The van der Waals surface area contributed by atoms with Gasteiger partial charge in [0.05, 0.1) is 31.3 Å². The number of ether oxygens (including phenoxy) is 4. The van der Waals surface area contributed by atoms with Crippen molar-refractivity contribution in [1.82, 2.24) is 10.2 Å². The molecule has 0 saturated carbocycles. The fourth-order valence-electron chi connectivity index (χ4n) is 2.38. The quantitative estimate of drug-likeness (QED) is 0.157. The Morgan fingerprint density at radius 3 is 1.51 bits per heavy atom. The van der Waals surface area contributed by atoms with Gasteiger partial charge in [0.15, 0.2) is 0 Å². The summed E-state index contributed by atoms with van der Waals surface area (Å²) in [5.41, 5.74) is -0.985. The number of hydrogen-bond acceptors (Lipinski definition) is 6. The zero-order valence-electron chi connectivity index (χ0n) is 22.8. The fourth-order valence-corrected chi connectivity index (χ4v) is 3.75. The second kappa shape index (κ2) is 21.2. The van der Waals surface area contributed by atoms with Crippen LogP contribution in [0.2, 0.25) is 0 Å². The van der Waals surface area contributed by atoms with Gasteiger partial charge in [0, 0.05) is 51.1 Å². The molecule has 0 fully saturated rings. The molecule has 17 heteroatoms. The SMILES string of the molecule is COCCOC.COCCOC.FC(F)(F)c1cc(-c2cccs2)[n-][nH+]1.FC(F)(F)c1cc(-c2cccs2)[nH+][n-]1.[Ca+2]. The van der Waals surface area contributed by atoms with E-state index in [9.17, 15) is 26.3 Å². The third-order valence-corrected chi connectivity index (χ3v) is 6.09. The Labute approximate surface area is 271 Å². The van der Waals surface area contributed by atoms with Crippen molar-refractivity contribution in [1.29, 1.82) is 0 Å². The number of methoxy groups -OCH3 is 4. The van der Waals surface area contributed by atoms with Crippen LogP contribution in [-0.2, 0) is 31.3 Å². The van der Waals surface area contributed by atoms with Crippen molar-refractivity contribution >= 4 is 60.4 Å². The molecule has 0 aliphatic rings. The third kappa shape index (κ3) is 16.1. The summed E-state index contributed by atoms with van der Waals surface area (Å²) < 4.78 is 91.6. The number of aromatic nitrogens is 4. The molecule has 4 heterocycles. The van der Waals surface area contributed by atoms with Crippen molar-refractivity contribution < 1.29 is 55.5 Å². The molecule has 41 heavy (non-hydrogen) atoms. The van der Waals surface area contributed by atoms with Crippen LogP contribution in [0.3, 0.4) is 0 Å². The molecule has 8 nitrogen and oxygen atoms in total. The predicted molar refractivity (Wildman–Crippen MR) is 143 cm³/mol.